The van der Waals surface area contributed by atoms with Gasteiger partial charge in [-0.1, -0.05) is 0 Å². The van der Waals surface area contributed by atoms with Crippen LogP contribution < -0.4 is 4.74 Å². The molecule has 5 heteroatoms. The molecule has 0 unspecified atom stereocenters. The first-order valence-corrected chi connectivity index (χ1v) is 5.68. The van der Waals surface area contributed by atoms with Gasteiger partial charge in [0.05, 0.1) is 4.92 Å². The molecule has 0 heterocycles. The number of nitro benzene ring substituents is 1. The van der Waals surface area contributed by atoms with E-state index in [-0.39, 0.29) is 18.1 Å². The van der Waals surface area contributed by atoms with E-state index in [2.05, 4.69) is 0 Å². The zero-order valence-electron chi connectivity index (χ0n) is 10.3. The molecule has 0 fully saturated rings. The minimum Gasteiger partial charge on any atom is -0.489 e. The average molecular weight is 261 g/mol. The van der Waals surface area contributed by atoms with Gasteiger partial charge in [0.15, 0.2) is 0 Å². The summed E-state index contributed by atoms with van der Waals surface area (Å²) in [6.07, 6.45) is 0. The third kappa shape index (κ3) is 3.28. The number of hydrogen-bond donors (Lipinski definition) is 0. The quantitative estimate of drug-likeness (QED) is 0.624. The molecule has 0 bridgehead atoms. The summed E-state index contributed by atoms with van der Waals surface area (Å²) in [5.74, 6) is 0.292. The van der Waals surface area contributed by atoms with Crippen LogP contribution in [0.4, 0.5) is 10.1 Å². The molecule has 4 nitrogen and oxygen atoms in total. The molecule has 2 aromatic carbocycles. The fourth-order valence-electron chi connectivity index (χ4n) is 1.59. The second-order valence-electron chi connectivity index (χ2n) is 4.12. The van der Waals surface area contributed by atoms with E-state index in [1.165, 1.54) is 18.2 Å². The van der Waals surface area contributed by atoms with Gasteiger partial charge in [-0.05, 0) is 48.4 Å². The molecular weight excluding hydrogens is 249 g/mol. The fourth-order valence-corrected chi connectivity index (χ4v) is 1.59. The fraction of sp³-hybridized carbons (Fsp3) is 0.143. The molecule has 98 valence electrons. The largest absolute Gasteiger partial charge is 0.489 e. The minimum atomic E-state index is -0.450. The maximum Gasteiger partial charge on any atom is 0.269 e. The smallest absolute Gasteiger partial charge is 0.269 e. The van der Waals surface area contributed by atoms with Crippen LogP contribution in [0.3, 0.4) is 0 Å². The second-order valence-corrected chi connectivity index (χ2v) is 4.12. The van der Waals surface area contributed by atoms with Gasteiger partial charge in [0.2, 0.25) is 0 Å². The van der Waals surface area contributed by atoms with Crippen molar-refractivity contribution in [3.05, 3.63) is 69.5 Å². The van der Waals surface area contributed by atoms with Gasteiger partial charge in [-0.3, -0.25) is 10.1 Å². The van der Waals surface area contributed by atoms with E-state index >= 15 is 0 Å². The van der Waals surface area contributed by atoms with Crippen molar-refractivity contribution in [2.75, 3.05) is 0 Å². The van der Waals surface area contributed by atoms with Crippen molar-refractivity contribution < 1.29 is 14.1 Å². The first-order chi connectivity index (χ1) is 9.06. The Morgan fingerprint density at radius 3 is 2.47 bits per heavy atom. The van der Waals surface area contributed by atoms with Crippen LogP contribution in [0.15, 0.2) is 42.5 Å². The average Bonchev–Trinajstić information content (AvgIpc) is 2.40. The minimum absolute atomic E-state index is 0.0429. The molecule has 0 aromatic heterocycles. The van der Waals surface area contributed by atoms with E-state index in [9.17, 15) is 14.5 Å². The Morgan fingerprint density at radius 1 is 1.21 bits per heavy atom. The molecule has 0 saturated heterocycles. The highest BCUT2D eigenvalue weighted by atomic mass is 19.1. The number of rotatable bonds is 4. The monoisotopic (exact) mass is 261 g/mol. The second kappa shape index (κ2) is 5.48. The van der Waals surface area contributed by atoms with E-state index in [1.54, 1.807) is 31.2 Å². The Kier molecular flexibility index (Phi) is 3.75. The van der Waals surface area contributed by atoms with Crippen molar-refractivity contribution in [3.8, 4) is 5.75 Å². The number of nitrogens with zero attached hydrogens (tertiary/aromatic N) is 1. The van der Waals surface area contributed by atoms with Crippen molar-refractivity contribution in [2.24, 2.45) is 0 Å². The van der Waals surface area contributed by atoms with E-state index in [0.717, 1.165) is 5.56 Å². The van der Waals surface area contributed by atoms with Gasteiger partial charge in [0, 0.05) is 12.1 Å². The van der Waals surface area contributed by atoms with Gasteiger partial charge in [0.25, 0.3) is 5.69 Å². The number of halogens is 1. The van der Waals surface area contributed by atoms with Crippen LogP contribution in [0.25, 0.3) is 0 Å². The Labute approximate surface area is 109 Å². The molecule has 0 saturated carbocycles. The highest BCUT2D eigenvalue weighted by Gasteiger charge is 2.05. The summed E-state index contributed by atoms with van der Waals surface area (Å²) in [6, 6.07) is 10.6. The van der Waals surface area contributed by atoms with Crippen LogP contribution in [0, 0.1) is 22.9 Å². The lowest BCUT2D eigenvalue weighted by Gasteiger charge is -2.07. The number of aryl methyl sites for hydroxylation is 1. The zero-order chi connectivity index (χ0) is 13.8. The Balaban J connectivity index is 2.01. The van der Waals surface area contributed by atoms with Crippen molar-refractivity contribution in [3.63, 3.8) is 0 Å². The normalized spacial score (nSPS) is 10.2. The Morgan fingerprint density at radius 2 is 1.89 bits per heavy atom. The lowest BCUT2D eigenvalue weighted by molar-refractivity contribution is -0.384. The molecule has 0 aliphatic heterocycles. The van der Waals surface area contributed by atoms with Crippen LogP contribution in [0.5, 0.6) is 5.75 Å². The lowest BCUT2D eigenvalue weighted by Crippen LogP contribution is -1.96. The zero-order valence-corrected chi connectivity index (χ0v) is 10.3. The molecule has 2 rings (SSSR count). The Bertz CT molecular complexity index is 596. The summed E-state index contributed by atoms with van der Waals surface area (Å²) < 4.78 is 18.6. The Hall–Kier alpha value is -2.43. The van der Waals surface area contributed by atoms with Gasteiger partial charge in [-0.15, -0.1) is 0 Å². The number of nitro groups is 1. The maximum atomic E-state index is 13.1. The summed E-state index contributed by atoms with van der Waals surface area (Å²) in [6.45, 7) is 1.94. The van der Waals surface area contributed by atoms with Crippen molar-refractivity contribution >= 4 is 5.69 Å². The molecule has 19 heavy (non-hydrogen) atoms. The summed E-state index contributed by atoms with van der Waals surface area (Å²) in [7, 11) is 0. The predicted molar refractivity (Wildman–Crippen MR) is 68.6 cm³/mol. The van der Waals surface area contributed by atoms with Crippen molar-refractivity contribution in [1.82, 2.24) is 0 Å². The van der Waals surface area contributed by atoms with Crippen molar-refractivity contribution in [2.45, 2.75) is 13.5 Å². The number of benzene rings is 2. The highest BCUT2D eigenvalue weighted by Crippen LogP contribution is 2.18. The summed E-state index contributed by atoms with van der Waals surface area (Å²) >= 11 is 0. The molecule has 2 aromatic rings. The maximum absolute atomic E-state index is 13.1. The first kappa shape index (κ1) is 13.0. The summed E-state index contributed by atoms with van der Waals surface area (Å²) in [5, 5.41) is 10.5. The van der Waals surface area contributed by atoms with E-state index < -0.39 is 4.92 Å². The van der Waals surface area contributed by atoms with Gasteiger partial charge in [0.1, 0.15) is 18.2 Å². The van der Waals surface area contributed by atoms with Crippen molar-refractivity contribution in [1.29, 1.82) is 0 Å². The third-order valence-corrected chi connectivity index (χ3v) is 2.68. The topological polar surface area (TPSA) is 52.4 Å². The number of ether oxygens (including phenoxy) is 1. The molecule has 0 aliphatic rings. The molecular formula is C14H12FNO3. The third-order valence-electron chi connectivity index (χ3n) is 2.68. The molecule has 0 amide bonds. The van der Waals surface area contributed by atoms with E-state index in [0.29, 0.717) is 11.3 Å². The van der Waals surface area contributed by atoms with Crippen LogP contribution in [-0.2, 0) is 6.61 Å². The summed E-state index contributed by atoms with van der Waals surface area (Å²) in [4.78, 5) is 10.0. The molecule has 0 radical (unpaired) electrons. The van der Waals surface area contributed by atoms with Gasteiger partial charge >= 0.3 is 0 Å². The lowest BCUT2D eigenvalue weighted by atomic mass is 10.2. The van der Waals surface area contributed by atoms with Gasteiger partial charge in [-0.25, -0.2) is 4.39 Å². The molecule has 0 spiro atoms. The predicted octanol–water partition coefficient (Wildman–Crippen LogP) is 3.62. The number of hydrogen-bond acceptors (Lipinski definition) is 3. The first-order valence-electron chi connectivity index (χ1n) is 5.68. The van der Waals surface area contributed by atoms with Gasteiger partial charge in [-0.2, -0.15) is 0 Å². The van der Waals surface area contributed by atoms with Crippen LogP contribution in [0.2, 0.25) is 0 Å². The molecule has 0 aliphatic carbocycles. The molecule has 0 atom stereocenters. The van der Waals surface area contributed by atoms with E-state index in [4.69, 9.17) is 4.74 Å². The number of non-ortho nitro benzene ring substituents is 1. The van der Waals surface area contributed by atoms with Crippen LogP contribution in [0.1, 0.15) is 11.1 Å². The van der Waals surface area contributed by atoms with E-state index in [1.807, 2.05) is 0 Å². The summed E-state index contributed by atoms with van der Waals surface area (Å²) in [5.41, 5.74) is 1.37. The highest BCUT2D eigenvalue weighted by molar-refractivity contribution is 5.33. The van der Waals surface area contributed by atoms with Crippen LogP contribution in [-0.4, -0.2) is 4.92 Å². The molecule has 0 N–H and O–H groups in total. The standard InChI is InChI=1S/C14H12FNO3/c1-10-8-13(6-7-14(10)15)19-9-11-2-4-12(5-3-11)16(17)18/h2-8H,9H2,1H3. The SMILES string of the molecule is Cc1cc(OCc2ccc([N+](=O)[O-])cc2)ccc1F. The van der Waals surface area contributed by atoms with Crippen LogP contribution >= 0.6 is 0 Å². The van der Waals surface area contributed by atoms with Gasteiger partial charge < -0.3 is 4.74 Å².